The zero-order valence-corrected chi connectivity index (χ0v) is 12.0. The first kappa shape index (κ1) is 15.1. The van der Waals surface area contributed by atoms with E-state index in [0.29, 0.717) is 5.69 Å². The summed E-state index contributed by atoms with van der Waals surface area (Å²) in [6, 6.07) is -0.166. The van der Waals surface area contributed by atoms with Crippen LogP contribution >= 0.6 is 0 Å². The molecule has 1 rings (SSSR count). The number of nitrogens with one attached hydrogen (secondary N) is 2. The minimum Gasteiger partial charge on any atom is -0.390 e. The maximum Gasteiger partial charge on any atom is 0.244 e. The Labute approximate surface area is 108 Å². The second-order valence-corrected chi connectivity index (χ2v) is 6.23. The van der Waals surface area contributed by atoms with Crippen molar-refractivity contribution in [1.29, 1.82) is 0 Å². The maximum atomic E-state index is 12.2. The fraction of sp³-hybridized carbons (Fsp3) is 0.727. The van der Waals surface area contributed by atoms with Crippen LogP contribution in [0, 0.1) is 12.8 Å². The van der Waals surface area contributed by atoms with E-state index in [4.69, 9.17) is 5.11 Å². The van der Waals surface area contributed by atoms with Gasteiger partial charge in [0.25, 0.3) is 0 Å². The number of aromatic amines is 1. The number of H-pyrrole nitrogens is 1. The van der Waals surface area contributed by atoms with E-state index in [1.165, 1.54) is 0 Å². The van der Waals surface area contributed by atoms with Crippen molar-refractivity contribution in [1.82, 2.24) is 14.9 Å². The fourth-order valence-electron chi connectivity index (χ4n) is 1.71. The average molecular weight is 275 g/mol. The van der Waals surface area contributed by atoms with Crippen LogP contribution in [0.15, 0.2) is 4.90 Å². The molecule has 7 heteroatoms. The van der Waals surface area contributed by atoms with Crippen LogP contribution in [0.3, 0.4) is 0 Å². The lowest BCUT2D eigenvalue weighted by atomic mass is 10.0. The van der Waals surface area contributed by atoms with Gasteiger partial charge < -0.3 is 5.11 Å². The molecule has 2 atom stereocenters. The minimum absolute atomic E-state index is 0.0557. The molecule has 1 aromatic heterocycles. The van der Waals surface area contributed by atoms with Gasteiger partial charge in [0.15, 0.2) is 0 Å². The molecule has 0 fully saturated rings. The molecule has 1 aromatic rings. The van der Waals surface area contributed by atoms with Gasteiger partial charge in [-0.3, -0.25) is 5.10 Å². The van der Waals surface area contributed by atoms with Gasteiger partial charge in [0.05, 0.1) is 12.3 Å². The Kier molecular flexibility index (Phi) is 4.89. The van der Waals surface area contributed by atoms with Crippen LogP contribution in [0.5, 0.6) is 0 Å². The average Bonchev–Trinajstić information content (AvgIpc) is 2.69. The van der Waals surface area contributed by atoms with Crippen LogP contribution in [0.4, 0.5) is 0 Å². The first-order chi connectivity index (χ1) is 8.33. The summed E-state index contributed by atoms with van der Waals surface area (Å²) in [5.41, 5.74) is 0.583. The molecule has 0 bridgehead atoms. The van der Waals surface area contributed by atoms with Gasteiger partial charge in [0, 0.05) is 6.04 Å². The summed E-state index contributed by atoms with van der Waals surface area (Å²) in [6.45, 7) is 7.05. The Morgan fingerprint density at radius 2 is 2.06 bits per heavy atom. The maximum absolute atomic E-state index is 12.2. The summed E-state index contributed by atoms with van der Waals surface area (Å²) in [6.07, 6.45) is 0.890. The Morgan fingerprint density at radius 1 is 1.44 bits per heavy atom. The highest BCUT2D eigenvalue weighted by Crippen LogP contribution is 2.19. The number of aromatic nitrogens is 2. The number of nitrogens with zero attached hydrogens (tertiary/aromatic N) is 1. The molecule has 0 aliphatic rings. The molecule has 104 valence electrons. The standard InChI is InChI=1S/C11H21N3O3S/c1-5-7(2)8(3)14-18(16,17)11-9(4)12-13-10(11)6-15/h7-8,14-15H,5-6H2,1-4H3,(H,12,13). The lowest BCUT2D eigenvalue weighted by molar-refractivity contribution is 0.273. The first-order valence-corrected chi connectivity index (χ1v) is 7.48. The smallest absolute Gasteiger partial charge is 0.244 e. The number of hydrogen-bond acceptors (Lipinski definition) is 4. The molecule has 3 N–H and O–H groups in total. The van der Waals surface area contributed by atoms with Crippen molar-refractivity contribution in [3.05, 3.63) is 11.4 Å². The van der Waals surface area contributed by atoms with Crippen LogP contribution in [0.1, 0.15) is 38.6 Å². The molecule has 1 heterocycles. The highest BCUT2D eigenvalue weighted by Gasteiger charge is 2.26. The molecule has 0 saturated carbocycles. The van der Waals surface area contributed by atoms with E-state index in [2.05, 4.69) is 14.9 Å². The Hall–Kier alpha value is -0.920. The fourth-order valence-corrected chi connectivity index (χ4v) is 3.42. The van der Waals surface area contributed by atoms with E-state index in [-0.39, 0.29) is 22.5 Å². The predicted octanol–water partition coefficient (Wildman–Crippen LogP) is 0.923. The van der Waals surface area contributed by atoms with E-state index in [1.807, 2.05) is 20.8 Å². The molecule has 0 aliphatic carbocycles. The lowest BCUT2D eigenvalue weighted by Crippen LogP contribution is -2.37. The van der Waals surface area contributed by atoms with Crippen LogP contribution < -0.4 is 4.72 Å². The van der Waals surface area contributed by atoms with Gasteiger partial charge in [-0.1, -0.05) is 20.3 Å². The summed E-state index contributed by atoms with van der Waals surface area (Å²) in [4.78, 5) is 0.0557. The minimum atomic E-state index is -3.65. The zero-order valence-electron chi connectivity index (χ0n) is 11.2. The van der Waals surface area contributed by atoms with Crippen LogP contribution in [-0.4, -0.2) is 29.8 Å². The molecule has 0 amide bonds. The molecular weight excluding hydrogens is 254 g/mol. The number of rotatable bonds is 6. The Bertz CT molecular complexity index is 496. The molecule has 0 aliphatic heterocycles. The van der Waals surface area contributed by atoms with Gasteiger partial charge in [-0.25, -0.2) is 13.1 Å². The van der Waals surface area contributed by atoms with E-state index in [9.17, 15) is 8.42 Å². The first-order valence-electron chi connectivity index (χ1n) is 6.00. The third kappa shape index (κ3) is 3.09. The number of hydrogen-bond donors (Lipinski definition) is 3. The summed E-state index contributed by atoms with van der Waals surface area (Å²) in [5, 5.41) is 15.5. The van der Waals surface area contributed by atoms with Gasteiger partial charge in [-0.15, -0.1) is 0 Å². The zero-order chi connectivity index (χ0) is 13.9. The van der Waals surface area contributed by atoms with E-state index in [1.54, 1.807) is 6.92 Å². The molecule has 6 nitrogen and oxygen atoms in total. The summed E-state index contributed by atoms with van der Waals surface area (Å²) in [5.74, 6) is 0.240. The molecular formula is C11H21N3O3S. The lowest BCUT2D eigenvalue weighted by Gasteiger charge is -2.19. The summed E-state index contributed by atoms with van der Waals surface area (Å²) >= 11 is 0. The highest BCUT2D eigenvalue weighted by molar-refractivity contribution is 7.89. The van der Waals surface area contributed by atoms with Crippen molar-refractivity contribution in [2.24, 2.45) is 5.92 Å². The highest BCUT2D eigenvalue weighted by atomic mass is 32.2. The van der Waals surface area contributed by atoms with Crippen LogP contribution in [0.25, 0.3) is 0 Å². The number of sulfonamides is 1. The molecule has 0 aromatic carbocycles. The van der Waals surface area contributed by atoms with E-state index >= 15 is 0 Å². The van der Waals surface area contributed by atoms with Crippen molar-refractivity contribution in [3.8, 4) is 0 Å². The van der Waals surface area contributed by atoms with Gasteiger partial charge in [-0.05, 0) is 19.8 Å². The second-order valence-electron chi connectivity index (χ2n) is 4.58. The SMILES string of the molecule is CCC(C)C(C)NS(=O)(=O)c1c(CO)n[nH]c1C. The number of aryl methyl sites for hydroxylation is 1. The van der Waals surface area contributed by atoms with Gasteiger partial charge >= 0.3 is 0 Å². The van der Waals surface area contributed by atoms with Crippen LogP contribution in [-0.2, 0) is 16.6 Å². The van der Waals surface area contributed by atoms with Crippen molar-refractivity contribution in [2.45, 2.75) is 51.7 Å². The van der Waals surface area contributed by atoms with E-state index < -0.39 is 16.6 Å². The molecule has 0 saturated heterocycles. The summed E-state index contributed by atoms with van der Waals surface area (Å²) < 4.78 is 27.1. The Balaban J connectivity index is 3.03. The van der Waals surface area contributed by atoms with Gasteiger partial charge in [0.2, 0.25) is 10.0 Å². The second kappa shape index (κ2) is 5.81. The molecule has 0 radical (unpaired) electrons. The number of aliphatic hydroxyl groups is 1. The quantitative estimate of drug-likeness (QED) is 0.719. The number of aliphatic hydroxyl groups excluding tert-OH is 1. The molecule has 0 spiro atoms. The monoisotopic (exact) mass is 275 g/mol. The van der Waals surface area contributed by atoms with Crippen molar-refractivity contribution in [3.63, 3.8) is 0 Å². The molecule has 2 unspecified atom stereocenters. The Morgan fingerprint density at radius 3 is 2.56 bits per heavy atom. The van der Waals surface area contributed by atoms with Crippen molar-refractivity contribution < 1.29 is 13.5 Å². The third-order valence-electron chi connectivity index (χ3n) is 3.22. The normalized spacial score (nSPS) is 15.6. The molecule has 18 heavy (non-hydrogen) atoms. The third-order valence-corrected chi connectivity index (χ3v) is 4.98. The van der Waals surface area contributed by atoms with Crippen molar-refractivity contribution in [2.75, 3.05) is 0 Å². The van der Waals surface area contributed by atoms with Crippen LogP contribution in [0.2, 0.25) is 0 Å². The predicted molar refractivity (Wildman–Crippen MR) is 68.5 cm³/mol. The topological polar surface area (TPSA) is 95.1 Å². The largest absolute Gasteiger partial charge is 0.390 e. The summed E-state index contributed by atoms with van der Waals surface area (Å²) in [7, 11) is -3.65. The van der Waals surface area contributed by atoms with Gasteiger partial charge in [-0.2, -0.15) is 5.10 Å². The van der Waals surface area contributed by atoms with E-state index in [0.717, 1.165) is 6.42 Å². The van der Waals surface area contributed by atoms with Gasteiger partial charge in [0.1, 0.15) is 10.6 Å². The van der Waals surface area contributed by atoms with Crippen molar-refractivity contribution >= 4 is 10.0 Å².